The van der Waals surface area contributed by atoms with Crippen LogP contribution in [-0.2, 0) is 4.74 Å². The van der Waals surface area contributed by atoms with Gasteiger partial charge in [-0.05, 0) is 31.0 Å². The number of aromatic nitrogens is 2. The molecule has 118 valence electrons. The molecule has 1 amide bonds. The van der Waals surface area contributed by atoms with Crippen LogP contribution in [0.3, 0.4) is 0 Å². The highest BCUT2D eigenvalue weighted by Gasteiger charge is 2.24. The number of methoxy groups -OCH3 is 1. The molecule has 1 aromatic carbocycles. The minimum absolute atomic E-state index is 0.223. The van der Waals surface area contributed by atoms with Crippen molar-refractivity contribution in [2.75, 3.05) is 12.4 Å². The first-order valence-corrected chi connectivity index (χ1v) is 7.25. The van der Waals surface area contributed by atoms with Crippen molar-refractivity contribution in [2.24, 2.45) is 0 Å². The molecule has 1 aliphatic carbocycles. The molecule has 0 spiro atoms. The number of nitrogens with zero attached hydrogens (tertiary/aromatic N) is 2. The molecule has 0 atom stereocenters. The van der Waals surface area contributed by atoms with Crippen molar-refractivity contribution in [1.82, 2.24) is 15.3 Å². The van der Waals surface area contributed by atoms with E-state index in [9.17, 15) is 9.59 Å². The van der Waals surface area contributed by atoms with Crippen LogP contribution >= 0.6 is 0 Å². The molecule has 0 unspecified atom stereocenters. The molecule has 0 saturated heterocycles. The quantitative estimate of drug-likeness (QED) is 0.819. The molecular weight excluding hydrogens is 296 g/mol. The molecule has 1 heterocycles. The van der Waals surface area contributed by atoms with Gasteiger partial charge in [-0.2, -0.15) is 0 Å². The van der Waals surface area contributed by atoms with Gasteiger partial charge in [0.2, 0.25) is 5.95 Å². The highest BCUT2D eigenvalue weighted by atomic mass is 16.5. The van der Waals surface area contributed by atoms with E-state index in [1.165, 1.54) is 13.3 Å². The number of carbonyl (C=O) groups is 2. The van der Waals surface area contributed by atoms with Gasteiger partial charge in [-0.1, -0.05) is 12.1 Å². The number of anilines is 2. The number of para-hydroxylation sites is 1. The van der Waals surface area contributed by atoms with E-state index in [1.807, 2.05) is 0 Å². The van der Waals surface area contributed by atoms with Crippen LogP contribution in [0.5, 0.6) is 0 Å². The Morgan fingerprint density at radius 2 is 2.00 bits per heavy atom. The number of esters is 1. The number of hydrogen-bond acceptors (Lipinski definition) is 6. The van der Waals surface area contributed by atoms with Gasteiger partial charge < -0.3 is 15.4 Å². The zero-order valence-electron chi connectivity index (χ0n) is 12.6. The van der Waals surface area contributed by atoms with Crippen molar-refractivity contribution >= 4 is 23.5 Å². The largest absolute Gasteiger partial charge is 0.465 e. The number of hydrogen-bond donors (Lipinski definition) is 2. The molecule has 2 N–H and O–H groups in total. The van der Waals surface area contributed by atoms with Crippen molar-refractivity contribution in [2.45, 2.75) is 18.9 Å². The Morgan fingerprint density at radius 3 is 2.74 bits per heavy atom. The van der Waals surface area contributed by atoms with Crippen LogP contribution in [0.2, 0.25) is 0 Å². The maximum absolute atomic E-state index is 12.0. The lowest BCUT2D eigenvalue weighted by atomic mass is 10.2. The minimum Gasteiger partial charge on any atom is -0.465 e. The molecule has 0 bridgehead atoms. The highest BCUT2D eigenvalue weighted by Crippen LogP contribution is 2.21. The molecular formula is C16H16N4O3. The monoisotopic (exact) mass is 312 g/mol. The summed E-state index contributed by atoms with van der Waals surface area (Å²) >= 11 is 0. The molecule has 1 fully saturated rings. The third kappa shape index (κ3) is 3.63. The Hall–Kier alpha value is -2.96. The number of rotatable bonds is 5. The van der Waals surface area contributed by atoms with Crippen molar-refractivity contribution in [1.29, 1.82) is 0 Å². The smallest absolute Gasteiger partial charge is 0.339 e. The number of benzene rings is 1. The van der Waals surface area contributed by atoms with Crippen molar-refractivity contribution in [3.05, 3.63) is 47.8 Å². The van der Waals surface area contributed by atoms with Crippen molar-refractivity contribution < 1.29 is 14.3 Å². The summed E-state index contributed by atoms with van der Waals surface area (Å²) in [5.41, 5.74) is 1.16. The zero-order valence-corrected chi connectivity index (χ0v) is 12.6. The first kappa shape index (κ1) is 15.0. The molecule has 0 aliphatic heterocycles. The first-order chi connectivity index (χ1) is 11.2. The van der Waals surface area contributed by atoms with Crippen LogP contribution in [0.4, 0.5) is 11.6 Å². The van der Waals surface area contributed by atoms with E-state index < -0.39 is 5.97 Å². The molecule has 1 aromatic heterocycles. The molecule has 1 aliphatic rings. The summed E-state index contributed by atoms with van der Waals surface area (Å²) in [6, 6.07) is 8.67. The summed E-state index contributed by atoms with van der Waals surface area (Å²) in [6.07, 6.45) is 3.51. The van der Waals surface area contributed by atoms with Gasteiger partial charge in [0, 0.05) is 12.2 Å². The van der Waals surface area contributed by atoms with E-state index in [1.54, 1.807) is 30.3 Å². The molecule has 2 aromatic rings. The van der Waals surface area contributed by atoms with Crippen molar-refractivity contribution in [3.8, 4) is 0 Å². The fraction of sp³-hybridized carbons (Fsp3) is 0.250. The van der Waals surface area contributed by atoms with E-state index in [-0.39, 0.29) is 23.6 Å². The summed E-state index contributed by atoms with van der Waals surface area (Å²) in [5, 5.41) is 5.82. The summed E-state index contributed by atoms with van der Waals surface area (Å²) in [6.45, 7) is 0. The lowest BCUT2D eigenvalue weighted by molar-refractivity contribution is 0.0601. The standard InChI is InChI=1S/C16H16N4O3/c1-23-15(22)11-4-2-3-5-12(11)19-16-17-9-8-13(20-16)14(21)18-10-6-7-10/h2-5,8-10H,6-7H2,1H3,(H,18,21)(H,17,19,20). The molecule has 7 heteroatoms. The van der Waals surface area contributed by atoms with Gasteiger partial charge in [-0.25, -0.2) is 14.8 Å². The van der Waals surface area contributed by atoms with Crippen LogP contribution in [-0.4, -0.2) is 35.0 Å². The maximum atomic E-state index is 12.0. The second-order valence-corrected chi connectivity index (χ2v) is 5.18. The molecule has 0 radical (unpaired) electrons. The molecule has 1 saturated carbocycles. The highest BCUT2D eigenvalue weighted by molar-refractivity contribution is 5.96. The van der Waals surface area contributed by atoms with Gasteiger partial charge in [0.15, 0.2) is 0 Å². The minimum atomic E-state index is -0.462. The maximum Gasteiger partial charge on any atom is 0.339 e. The Balaban J connectivity index is 1.80. The van der Waals surface area contributed by atoms with E-state index >= 15 is 0 Å². The van der Waals surface area contributed by atoms with Gasteiger partial charge >= 0.3 is 5.97 Å². The van der Waals surface area contributed by atoms with Crippen LogP contribution in [0.1, 0.15) is 33.7 Å². The van der Waals surface area contributed by atoms with Gasteiger partial charge in [0.25, 0.3) is 5.91 Å². The van der Waals surface area contributed by atoms with E-state index in [0.717, 1.165) is 12.8 Å². The van der Waals surface area contributed by atoms with E-state index in [0.29, 0.717) is 11.3 Å². The SMILES string of the molecule is COC(=O)c1ccccc1Nc1nccc(C(=O)NC2CC2)n1. The second kappa shape index (κ2) is 6.43. The van der Waals surface area contributed by atoms with E-state index in [4.69, 9.17) is 4.74 Å². The Morgan fingerprint density at radius 1 is 1.22 bits per heavy atom. The average Bonchev–Trinajstić information content (AvgIpc) is 3.39. The lowest BCUT2D eigenvalue weighted by Gasteiger charge is -2.10. The Bertz CT molecular complexity index is 744. The lowest BCUT2D eigenvalue weighted by Crippen LogP contribution is -2.26. The summed E-state index contributed by atoms with van der Waals surface area (Å²) in [5.74, 6) is -0.445. The number of carbonyl (C=O) groups excluding carboxylic acids is 2. The predicted molar refractivity (Wildman–Crippen MR) is 83.6 cm³/mol. The number of nitrogens with one attached hydrogen (secondary N) is 2. The molecule has 23 heavy (non-hydrogen) atoms. The fourth-order valence-electron chi connectivity index (χ4n) is 2.03. The van der Waals surface area contributed by atoms with Crippen molar-refractivity contribution in [3.63, 3.8) is 0 Å². The zero-order chi connectivity index (χ0) is 16.2. The van der Waals surface area contributed by atoms with E-state index in [2.05, 4.69) is 20.6 Å². The number of ether oxygens (including phenoxy) is 1. The summed E-state index contributed by atoms with van der Waals surface area (Å²) < 4.78 is 4.74. The third-order valence-corrected chi connectivity index (χ3v) is 3.38. The first-order valence-electron chi connectivity index (χ1n) is 7.25. The van der Waals surface area contributed by atoms with Gasteiger partial charge in [0.05, 0.1) is 18.4 Å². The van der Waals surface area contributed by atoms with Crippen LogP contribution in [0.15, 0.2) is 36.5 Å². The average molecular weight is 312 g/mol. The van der Waals surface area contributed by atoms with Crippen LogP contribution in [0.25, 0.3) is 0 Å². The summed E-state index contributed by atoms with van der Waals surface area (Å²) in [7, 11) is 1.32. The Kier molecular flexibility index (Phi) is 4.18. The van der Waals surface area contributed by atoms with Gasteiger partial charge in [-0.3, -0.25) is 4.79 Å². The third-order valence-electron chi connectivity index (χ3n) is 3.38. The van der Waals surface area contributed by atoms with Crippen LogP contribution < -0.4 is 10.6 Å². The van der Waals surface area contributed by atoms with Gasteiger partial charge in [0.1, 0.15) is 5.69 Å². The van der Waals surface area contributed by atoms with Crippen LogP contribution in [0, 0.1) is 0 Å². The van der Waals surface area contributed by atoms with Gasteiger partial charge in [-0.15, -0.1) is 0 Å². The second-order valence-electron chi connectivity index (χ2n) is 5.18. The summed E-state index contributed by atoms with van der Waals surface area (Å²) in [4.78, 5) is 32.1. The fourth-order valence-corrected chi connectivity index (χ4v) is 2.03. The predicted octanol–water partition coefficient (Wildman–Crippen LogP) is 1.90. The molecule has 7 nitrogen and oxygen atoms in total. The normalized spacial score (nSPS) is 13.3. The topological polar surface area (TPSA) is 93.2 Å². The molecule has 3 rings (SSSR count). The Labute approximate surface area is 133 Å². The number of amides is 1.